The van der Waals surface area contributed by atoms with Crippen LogP contribution in [0.4, 0.5) is 0 Å². The third kappa shape index (κ3) is 20.9. The maximum Gasteiger partial charge on any atom is 0.206 e. The lowest BCUT2D eigenvalue weighted by molar-refractivity contribution is 0.414. The molecule has 100 valence electrons. The highest BCUT2D eigenvalue weighted by Crippen LogP contribution is 2.10. The SMILES string of the molecule is CCC.COc1cccc(C)c1.CS(N)(=O)=O. The molecule has 0 atom stereocenters. The van der Waals surface area contributed by atoms with Gasteiger partial charge in [-0.25, -0.2) is 13.6 Å². The first-order valence-corrected chi connectivity index (χ1v) is 7.28. The van der Waals surface area contributed by atoms with E-state index in [1.165, 1.54) is 12.0 Å². The predicted molar refractivity (Wildman–Crippen MR) is 72.7 cm³/mol. The summed E-state index contributed by atoms with van der Waals surface area (Å²) in [5, 5.41) is 4.33. The van der Waals surface area contributed by atoms with Gasteiger partial charge in [0, 0.05) is 0 Å². The van der Waals surface area contributed by atoms with Gasteiger partial charge in [0.1, 0.15) is 5.75 Å². The van der Waals surface area contributed by atoms with Crippen molar-refractivity contribution in [3.05, 3.63) is 29.8 Å². The van der Waals surface area contributed by atoms with Crippen molar-refractivity contribution < 1.29 is 13.2 Å². The molecule has 0 unspecified atom stereocenters. The lowest BCUT2D eigenvalue weighted by Gasteiger charge is -1.97. The Bertz CT molecular complexity index is 380. The molecule has 0 spiro atoms. The average Bonchev–Trinajstić information content (AvgIpc) is 2.16. The molecule has 1 aromatic carbocycles. The number of aryl methyl sites for hydroxylation is 1. The molecule has 0 aliphatic heterocycles. The topological polar surface area (TPSA) is 69.4 Å². The Morgan fingerprint density at radius 3 is 1.94 bits per heavy atom. The van der Waals surface area contributed by atoms with Crippen LogP contribution in [0.2, 0.25) is 0 Å². The maximum atomic E-state index is 9.41. The summed E-state index contributed by atoms with van der Waals surface area (Å²) in [4.78, 5) is 0. The van der Waals surface area contributed by atoms with E-state index >= 15 is 0 Å². The summed E-state index contributed by atoms with van der Waals surface area (Å²) in [6, 6.07) is 7.96. The van der Waals surface area contributed by atoms with Gasteiger partial charge in [-0.15, -0.1) is 0 Å². The number of sulfonamides is 1. The van der Waals surface area contributed by atoms with Crippen molar-refractivity contribution in [2.75, 3.05) is 13.4 Å². The summed E-state index contributed by atoms with van der Waals surface area (Å²) >= 11 is 0. The summed E-state index contributed by atoms with van der Waals surface area (Å²) < 4.78 is 23.8. The van der Waals surface area contributed by atoms with Crippen molar-refractivity contribution in [2.45, 2.75) is 27.2 Å². The first-order valence-electron chi connectivity index (χ1n) is 5.33. The van der Waals surface area contributed by atoms with Crippen molar-refractivity contribution >= 4 is 10.0 Å². The molecule has 0 aliphatic carbocycles. The molecule has 0 amide bonds. The first-order chi connectivity index (χ1) is 7.74. The molecule has 0 saturated carbocycles. The van der Waals surface area contributed by atoms with Gasteiger partial charge in [-0.2, -0.15) is 0 Å². The number of primary sulfonamides is 1. The minimum Gasteiger partial charge on any atom is -0.497 e. The van der Waals surface area contributed by atoms with Crippen LogP contribution < -0.4 is 9.88 Å². The third-order valence-electron chi connectivity index (χ3n) is 1.23. The van der Waals surface area contributed by atoms with Crippen LogP contribution in [-0.2, 0) is 10.0 Å². The fourth-order valence-electron chi connectivity index (χ4n) is 0.742. The summed E-state index contributed by atoms with van der Waals surface area (Å²) in [5.41, 5.74) is 1.23. The van der Waals surface area contributed by atoms with E-state index in [9.17, 15) is 8.42 Å². The van der Waals surface area contributed by atoms with E-state index in [4.69, 9.17) is 4.74 Å². The van der Waals surface area contributed by atoms with Crippen molar-refractivity contribution in [3.8, 4) is 5.75 Å². The first kappa shape index (κ1) is 18.3. The molecule has 0 aliphatic rings. The number of ether oxygens (including phenoxy) is 1. The van der Waals surface area contributed by atoms with Gasteiger partial charge in [0.05, 0.1) is 13.4 Å². The monoisotopic (exact) mass is 261 g/mol. The third-order valence-corrected chi connectivity index (χ3v) is 1.23. The zero-order valence-corrected chi connectivity index (χ0v) is 12.0. The molecule has 0 radical (unpaired) electrons. The normalized spacial score (nSPS) is 9.29. The second kappa shape index (κ2) is 10.1. The Balaban J connectivity index is 0. The highest BCUT2D eigenvalue weighted by molar-refractivity contribution is 7.88. The van der Waals surface area contributed by atoms with E-state index in [2.05, 4.69) is 19.0 Å². The predicted octanol–water partition coefficient (Wildman–Crippen LogP) is 2.32. The molecule has 0 saturated heterocycles. The van der Waals surface area contributed by atoms with Crippen molar-refractivity contribution in [1.29, 1.82) is 0 Å². The second-order valence-electron chi connectivity index (χ2n) is 3.56. The molecule has 1 aromatic rings. The minimum absolute atomic E-state index is 0.926. The van der Waals surface area contributed by atoms with Gasteiger partial charge in [-0.1, -0.05) is 32.4 Å². The molecule has 1 rings (SSSR count). The number of methoxy groups -OCH3 is 1. The highest BCUT2D eigenvalue weighted by atomic mass is 32.2. The van der Waals surface area contributed by atoms with Gasteiger partial charge in [-0.3, -0.25) is 0 Å². The quantitative estimate of drug-likeness (QED) is 0.843. The van der Waals surface area contributed by atoms with Crippen LogP contribution in [-0.4, -0.2) is 21.8 Å². The van der Waals surface area contributed by atoms with Gasteiger partial charge in [0.15, 0.2) is 0 Å². The number of hydrogen-bond donors (Lipinski definition) is 1. The van der Waals surface area contributed by atoms with Crippen molar-refractivity contribution in [2.24, 2.45) is 5.14 Å². The Labute approximate surface area is 105 Å². The second-order valence-corrected chi connectivity index (χ2v) is 5.22. The van der Waals surface area contributed by atoms with Crippen molar-refractivity contribution in [3.63, 3.8) is 0 Å². The van der Waals surface area contributed by atoms with Crippen LogP contribution in [0, 0.1) is 6.92 Å². The van der Waals surface area contributed by atoms with E-state index in [0.717, 1.165) is 12.0 Å². The molecule has 0 heterocycles. The molecule has 0 fully saturated rings. The van der Waals surface area contributed by atoms with Crippen LogP contribution in [0.1, 0.15) is 25.8 Å². The van der Waals surface area contributed by atoms with Gasteiger partial charge in [0.25, 0.3) is 0 Å². The highest BCUT2D eigenvalue weighted by Gasteiger charge is 1.86. The van der Waals surface area contributed by atoms with Crippen LogP contribution in [0.25, 0.3) is 0 Å². The Morgan fingerprint density at radius 2 is 1.71 bits per heavy atom. The molecular formula is C12H23NO3S. The van der Waals surface area contributed by atoms with Gasteiger partial charge >= 0.3 is 0 Å². The smallest absolute Gasteiger partial charge is 0.206 e. The van der Waals surface area contributed by atoms with Crippen LogP contribution >= 0.6 is 0 Å². The zero-order chi connectivity index (χ0) is 13.9. The van der Waals surface area contributed by atoms with Crippen LogP contribution in [0.3, 0.4) is 0 Å². The number of hydrogen-bond acceptors (Lipinski definition) is 3. The summed E-state index contributed by atoms with van der Waals surface area (Å²) in [7, 11) is -1.49. The average molecular weight is 261 g/mol. The Hall–Kier alpha value is -1.07. The van der Waals surface area contributed by atoms with Crippen LogP contribution in [0.5, 0.6) is 5.75 Å². The molecule has 4 nitrogen and oxygen atoms in total. The molecule has 0 bridgehead atoms. The Kier molecular flexibility index (Phi) is 10.9. The number of nitrogens with two attached hydrogens (primary N) is 1. The molecule has 2 N–H and O–H groups in total. The molecule has 17 heavy (non-hydrogen) atoms. The lowest BCUT2D eigenvalue weighted by Crippen LogP contribution is -2.07. The fourth-order valence-corrected chi connectivity index (χ4v) is 0.742. The van der Waals surface area contributed by atoms with Gasteiger partial charge < -0.3 is 4.74 Å². The van der Waals surface area contributed by atoms with E-state index < -0.39 is 10.0 Å². The largest absolute Gasteiger partial charge is 0.497 e. The molecular weight excluding hydrogens is 238 g/mol. The van der Waals surface area contributed by atoms with E-state index in [1.54, 1.807) is 7.11 Å². The summed E-state index contributed by atoms with van der Waals surface area (Å²) in [6.45, 7) is 6.29. The number of rotatable bonds is 1. The fraction of sp³-hybridized carbons (Fsp3) is 0.500. The number of benzene rings is 1. The Morgan fingerprint density at radius 1 is 1.29 bits per heavy atom. The summed E-state index contributed by atoms with van der Waals surface area (Å²) in [6.07, 6.45) is 2.19. The van der Waals surface area contributed by atoms with Gasteiger partial charge in [-0.05, 0) is 24.6 Å². The van der Waals surface area contributed by atoms with Crippen LogP contribution in [0.15, 0.2) is 24.3 Å². The van der Waals surface area contributed by atoms with E-state index in [0.29, 0.717) is 0 Å². The van der Waals surface area contributed by atoms with Crippen molar-refractivity contribution in [1.82, 2.24) is 0 Å². The molecule has 0 aromatic heterocycles. The zero-order valence-electron chi connectivity index (χ0n) is 11.2. The minimum atomic E-state index is -3.17. The summed E-state index contributed by atoms with van der Waals surface area (Å²) in [5.74, 6) is 0.926. The van der Waals surface area contributed by atoms with Gasteiger partial charge in [0.2, 0.25) is 10.0 Å². The van der Waals surface area contributed by atoms with E-state index in [1.807, 2.05) is 31.2 Å². The lowest BCUT2D eigenvalue weighted by atomic mass is 10.2. The van der Waals surface area contributed by atoms with E-state index in [-0.39, 0.29) is 0 Å². The standard InChI is InChI=1S/C8H10O.C3H8.CH5NO2S/c1-7-4-3-5-8(6-7)9-2;1-3-2;1-5(2,3)4/h3-6H,1-2H3;3H2,1-2H3;1H3,(H2,2,3,4). The maximum absolute atomic E-state index is 9.41. The molecule has 5 heteroatoms.